The number of nitrogens with one attached hydrogen (secondary N) is 1. The van der Waals surface area contributed by atoms with Crippen LogP contribution in [-0.4, -0.2) is 40.8 Å². The van der Waals surface area contributed by atoms with Gasteiger partial charge in [-0.15, -0.1) is 11.8 Å². The SMILES string of the molecule is O=C1NSCCC1N1CCS[CH]C1=O. The molecule has 2 fully saturated rings. The van der Waals surface area contributed by atoms with E-state index in [4.69, 9.17) is 0 Å². The number of hydrogen-bond acceptors (Lipinski definition) is 4. The van der Waals surface area contributed by atoms with E-state index >= 15 is 0 Å². The van der Waals surface area contributed by atoms with Crippen molar-refractivity contribution < 1.29 is 9.59 Å². The lowest BCUT2D eigenvalue weighted by Gasteiger charge is -2.34. The summed E-state index contributed by atoms with van der Waals surface area (Å²) in [5, 5.41) is 0. The maximum atomic E-state index is 11.5. The summed E-state index contributed by atoms with van der Waals surface area (Å²) in [6, 6.07) is -0.249. The molecule has 77 valence electrons. The van der Waals surface area contributed by atoms with Gasteiger partial charge in [-0.2, -0.15) is 0 Å². The van der Waals surface area contributed by atoms with Crippen LogP contribution >= 0.6 is 23.7 Å². The van der Waals surface area contributed by atoms with Crippen molar-refractivity contribution in [3.63, 3.8) is 0 Å². The third-order valence-electron chi connectivity index (χ3n) is 2.26. The van der Waals surface area contributed by atoms with E-state index in [9.17, 15) is 9.59 Å². The Morgan fingerprint density at radius 1 is 1.43 bits per heavy atom. The minimum Gasteiger partial charge on any atom is -0.329 e. The molecule has 2 aliphatic rings. The fraction of sp³-hybridized carbons (Fsp3) is 0.625. The molecule has 6 heteroatoms. The standard InChI is InChI=1S/C8H11N2O2S2/c11-7-5-13-4-2-10(7)6-1-3-14-9-8(6)12/h5-6H,1-4H2,(H,9,12). The largest absolute Gasteiger partial charge is 0.329 e. The molecule has 1 radical (unpaired) electrons. The molecule has 2 saturated heterocycles. The van der Waals surface area contributed by atoms with Gasteiger partial charge in [0, 0.05) is 18.1 Å². The van der Waals surface area contributed by atoms with Crippen molar-refractivity contribution in [3.05, 3.63) is 5.75 Å². The van der Waals surface area contributed by atoms with Gasteiger partial charge in [-0.1, -0.05) is 11.9 Å². The van der Waals surface area contributed by atoms with Crippen molar-refractivity contribution in [2.45, 2.75) is 12.5 Å². The van der Waals surface area contributed by atoms with Gasteiger partial charge >= 0.3 is 0 Å². The molecular formula is C8H11N2O2S2. The number of thioether (sulfide) groups is 1. The Kier molecular flexibility index (Phi) is 3.22. The van der Waals surface area contributed by atoms with Crippen molar-refractivity contribution in [1.29, 1.82) is 0 Å². The number of carbonyl (C=O) groups excluding carboxylic acids is 2. The minimum absolute atomic E-state index is 0.0201. The first-order chi connectivity index (χ1) is 6.79. The Morgan fingerprint density at radius 2 is 2.29 bits per heavy atom. The molecule has 0 bridgehead atoms. The molecular weight excluding hydrogens is 220 g/mol. The predicted octanol–water partition coefficient (Wildman–Crippen LogP) is 0.260. The van der Waals surface area contributed by atoms with Gasteiger partial charge in [-0.25, -0.2) is 0 Å². The second-order valence-electron chi connectivity index (χ2n) is 3.14. The van der Waals surface area contributed by atoms with Crippen LogP contribution in [0.4, 0.5) is 0 Å². The fourth-order valence-electron chi connectivity index (χ4n) is 1.56. The summed E-state index contributed by atoms with van der Waals surface area (Å²) in [5.74, 6) is 3.32. The van der Waals surface area contributed by atoms with Crippen molar-refractivity contribution in [2.75, 3.05) is 18.1 Å². The second kappa shape index (κ2) is 4.44. The highest BCUT2D eigenvalue weighted by molar-refractivity contribution is 8.02. The summed E-state index contributed by atoms with van der Waals surface area (Å²) in [6.07, 6.45) is 0.765. The van der Waals surface area contributed by atoms with Crippen LogP contribution in [0.2, 0.25) is 0 Å². The average Bonchev–Trinajstić information content (AvgIpc) is 2.20. The molecule has 0 aromatic rings. The molecule has 4 nitrogen and oxygen atoms in total. The quantitative estimate of drug-likeness (QED) is 0.658. The van der Waals surface area contributed by atoms with Crippen LogP contribution in [0.1, 0.15) is 6.42 Å². The van der Waals surface area contributed by atoms with Gasteiger partial charge in [-0.05, 0) is 6.42 Å². The molecule has 1 N–H and O–H groups in total. The molecule has 2 aliphatic heterocycles. The molecule has 14 heavy (non-hydrogen) atoms. The Labute approximate surface area is 91.3 Å². The molecule has 0 aliphatic carbocycles. The maximum Gasteiger partial charge on any atom is 0.252 e. The van der Waals surface area contributed by atoms with Crippen LogP contribution in [-0.2, 0) is 9.59 Å². The van der Waals surface area contributed by atoms with Gasteiger partial charge < -0.3 is 4.90 Å². The van der Waals surface area contributed by atoms with Crippen molar-refractivity contribution in [3.8, 4) is 0 Å². The zero-order valence-corrected chi connectivity index (χ0v) is 9.20. The lowest BCUT2D eigenvalue weighted by molar-refractivity contribution is -0.136. The van der Waals surface area contributed by atoms with Gasteiger partial charge in [0.1, 0.15) is 11.8 Å². The fourth-order valence-corrected chi connectivity index (χ4v) is 2.98. The van der Waals surface area contributed by atoms with Gasteiger partial charge in [-0.3, -0.25) is 14.3 Å². The van der Waals surface area contributed by atoms with Crippen LogP contribution < -0.4 is 4.72 Å². The second-order valence-corrected chi connectivity index (χ2v) is 5.02. The summed E-state index contributed by atoms with van der Waals surface area (Å²) >= 11 is 2.94. The van der Waals surface area contributed by atoms with Crippen LogP contribution in [0.15, 0.2) is 0 Å². The summed E-state index contributed by atoms with van der Waals surface area (Å²) in [6.45, 7) is 0.683. The molecule has 0 aromatic heterocycles. The van der Waals surface area contributed by atoms with E-state index in [-0.39, 0.29) is 17.9 Å². The van der Waals surface area contributed by atoms with Gasteiger partial charge in [0.15, 0.2) is 0 Å². The van der Waals surface area contributed by atoms with Crippen LogP contribution in [0.3, 0.4) is 0 Å². The molecule has 0 spiro atoms. The Bertz CT molecular complexity index is 234. The first-order valence-electron chi connectivity index (χ1n) is 4.46. The van der Waals surface area contributed by atoms with Gasteiger partial charge in [0.05, 0.1) is 0 Å². The van der Waals surface area contributed by atoms with E-state index in [0.717, 1.165) is 17.9 Å². The smallest absolute Gasteiger partial charge is 0.252 e. The van der Waals surface area contributed by atoms with E-state index < -0.39 is 0 Å². The molecule has 1 atom stereocenters. The molecule has 0 saturated carbocycles. The Hall–Kier alpha value is -0.360. The number of carbonyl (C=O) groups is 2. The third kappa shape index (κ3) is 2.00. The molecule has 2 heterocycles. The first-order valence-corrected chi connectivity index (χ1v) is 6.49. The molecule has 2 rings (SSSR count). The zero-order valence-electron chi connectivity index (χ0n) is 7.56. The van der Waals surface area contributed by atoms with E-state index in [1.165, 1.54) is 23.7 Å². The zero-order chi connectivity index (χ0) is 9.97. The number of hydrogen-bond donors (Lipinski definition) is 1. The normalized spacial score (nSPS) is 28.9. The lowest BCUT2D eigenvalue weighted by Crippen LogP contribution is -2.52. The van der Waals surface area contributed by atoms with E-state index in [0.29, 0.717) is 6.54 Å². The first kappa shape index (κ1) is 10.2. The lowest BCUT2D eigenvalue weighted by atomic mass is 10.1. The van der Waals surface area contributed by atoms with Crippen molar-refractivity contribution in [2.24, 2.45) is 0 Å². The van der Waals surface area contributed by atoms with Crippen molar-refractivity contribution >= 4 is 35.5 Å². The van der Waals surface area contributed by atoms with Gasteiger partial charge in [0.2, 0.25) is 5.91 Å². The number of amides is 2. The van der Waals surface area contributed by atoms with E-state index in [1.54, 1.807) is 10.7 Å². The van der Waals surface area contributed by atoms with Crippen LogP contribution in [0, 0.1) is 5.75 Å². The van der Waals surface area contributed by atoms with Crippen molar-refractivity contribution in [1.82, 2.24) is 9.62 Å². The average molecular weight is 231 g/mol. The summed E-state index contributed by atoms with van der Waals surface area (Å²) < 4.78 is 2.71. The highest BCUT2D eigenvalue weighted by atomic mass is 32.2. The monoisotopic (exact) mass is 231 g/mol. The van der Waals surface area contributed by atoms with Crippen LogP contribution in [0.25, 0.3) is 0 Å². The highest BCUT2D eigenvalue weighted by Crippen LogP contribution is 2.22. The Morgan fingerprint density at radius 3 is 3.00 bits per heavy atom. The van der Waals surface area contributed by atoms with Gasteiger partial charge in [0.25, 0.3) is 5.91 Å². The molecule has 0 aromatic carbocycles. The van der Waals surface area contributed by atoms with E-state index in [2.05, 4.69) is 4.72 Å². The predicted molar refractivity (Wildman–Crippen MR) is 57.5 cm³/mol. The summed E-state index contributed by atoms with van der Waals surface area (Å²) in [4.78, 5) is 24.7. The summed E-state index contributed by atoms with van der Waals surface area (Å²) in [7, 11) is 0. The molecule has 2 amide bonds. The number of rotatable bonds is 1. The Balaban J connectivity index is 2.04. The number of nitrogens with zero attached hydrogens (tertiary/aromatic N) is 1. The third-order valence-corrected chi connectivity index (χ3v) is 3.83. The molecule has 1 unspecified atom stereocenters. The topological polar surface area (TPSA) is 49.4 Å². The highest BCUT2D eigenvalue weighted by Gasteiger charge is 2.33. The maximum absolute atomic E-state index is 11.5. The summed E-state index contributed by atoms with van der Waals surface area (Å²) in [5.41, 5.74) is 0. The van der Waals surface area contributed by atoms with E-state index in [1.807, 2.05) is 0 Å². The van der Waals surface area contributed by atoms with Crippen LogP contribution in [0.5, 0.6) is 0 Å². The minimum atomic E-state index is -0.249.